The predicted molar refractivity (Wildman–Crippen MR) is 55.7 cm³/mol. The number of nitro groups is 1. The molecule has 0 saturated carbocycles. The molecule has 0 fully saturated rings. The standard InChI is InChI=1S/C8H7BrN2O4/c9-6-4-10(2-1-3-12)5-7(8(6)13)11(14)15/h3-5H,1-2H2. The maximum atomic E-state index is 11.3. The van der Waals surface area contributed by atoms with Crippen LogP contribution in [0, 0.1) is 10.1 Å². The van der Waals surface area contributed by atoms with Crippen molar-refractivity contribution >= 4 is 27.9 Å². The first kappa shape index (κ1) is 11.6. The van der Waals surface area contributed by atoms with Gasteiger partial charge in [-0.1, -0.05) is 0 Å². The molecule has 0 spiro atoms. The minimum atomic E-state index is -0.746. The number of rotatable bonds is 4. The van der Waals surface area contributed by atoms with E-state index in [-0.39, 0.29) is 10.9 Å². The molecule has 1 aromatic heterocycles. The van der Waals surface area contributed by atoms with Crippen LogP contribution in [-0.2, 0) is 11.3 Å². The van der Waals surface area contributed by atoms with E-state index in [0.29, 0.717) is 12.8 Å². The molecular weight excluding hydrogens is 268 g/mol. The molecule has 0 aliphatic carbocycles. The Bertz CT molecular complexity index is 454. The summed E-state index contributed by atoms with van der Waals surface area (Å²) in [5.41, 5.74) is -1.17. The second-order valence-corrected chi connectivity index (χ2v) is 3.63. The smallest absolute Gasteiger partial charge is 0.333 e. The molecule has 1 heterocycles. The van der Waals surface area contributed by atoms with Gasteiger partial charge >= 0.3 is 5.69 Å². The van der Waals surface area contributed by atoms with Gasteiger partial charge < -0.3 is 9.36 Å². The SMILES string of the molecule is O=CCCn1cc(Br)c(=O)c([N+](=O)[O-])c1. The minimum Gasteiger partial charge on any atom is -0.346 e. The van der Waals surface area contributed by atoms with Crippen molar-refractivity contribution in [3.63, 3.8) is 0 Å². The number of aromatic nitrogens is 1. The zero-order valence-electron chi connectivity index (χ0n) is 7.55. The molecule has 0 N–H and O–H groups in total. The van der Waals surface area contributed by atoms with Gasteiger partial charge in [-0.05, 0) is 15.9 Å². The summed E-state index contributed by atoms with van der Waals surface area (Å²) in [5, 5.41) is 10.5. The van der Waals surface area contributed by atoms with Crippen molar-refractivity contribution in [3.05, 3.63) is 37.2 Å². The molecule has 0 atom stereocenters. The van der Waals surface area contributed by atoms with Crippen LogP contribution in [0.2, 0.25) is 0 Å². The molecule has 0 bridgehead atoms. The van der Waals surface area contributed by atoms with Gasteiger partial charge in [-0.2, -0.15) is 0 Å². The van der Waals surface area contributed by atoms with Gasteiger partial charge in [0.1, 0.15) is 6.29 Å². The van der Waals surface area contributed by atoms with Crippen LogP contribution in [0.1, 0.15) is 6.42 Å². The van der Waals surface area contributed by atoms with E-state index in [1.807, 2.05) is 0 Å². The average Bonchev–Trinajstić information content (AvgIpc) is 2.19. The van der Waals surface area contributed by atoms with Crippen molar-refractivity contribution in [3.8, 4) is 0 Å². The summed E-state index contributed by atoms with van der Waals surface area (Å²) in [5.74, 6) is 0. The number of aldehydes is 1. The number of hydrogen-bond acceptors (Lipinski definition) is 4. The van der Waals surface area contributed by atoms with E-state index >= 15 is 0 Å². The maximum absolute atomic E-state index is 11.3. The van der Waals surface area contributed by atoms with Crippen LogP contribution < -0.4 is 5.43 Å². The lowest BCUT2D eigenvalue weighted by atomic mass is 10.4. The summed E-state index contributed by atoms with van der Waals surface area (Å²) in [4.78, 5) is 31.1. The average molecular weight is 275 g/mol. The molecule has 0 aromatic carbocycles. The van der Waals surface area contributed by atoms with Crippen molar-refractivity contribution in [1.82, 2.24) is 4.57 Å². The molecule has 0 radical (unpaired) electrons. The van der Waals surface area contributed by atoms with Gasteiger partial charge in [-0.3, -0.25) is 14.9 Å². The topological polar surface area (TPSA) is 82.2 Å². The fraction of sp³-hybridized carbons (Fsp3) is 0.250. The number of pyridine rings is 1. The van der Waals surface area contributed by atoms with Crippen molar-refractivity contribution in [1.29, 1.82) is 0 Å². The highest BCUT2D eigenvalue weighted by molar-refractivity contribution is 9.10. The zero-order chi connectivity index (χ0) is 11.4. The Morgan fingerprint density at radius 1 is 1.53 bits per heavy atom. The lowest BCUT2D eigenvalue weighted by Crippen LogP contribution is -2.13. The third-order valence-corrected chi connectivity index (χ3v) is 2.28. The molecule has 0 unspecified atom stereocenters. The third-order valence-electron chi connectivity index (χ3n) is 1.72. The van der Waals surface area contributed by atoms with Crippen molar-refractivity contribution in [2.75, 3.05) is 0 Å². The Morgan fingerprint density at radius 2 is 2.20 bits per heavy atom. The number of nitrogens with zero attached hydrogens (tertiary/aromatic N) is 2. The van der Waals surface area contributed by atoms with Crippen LogP contribution in [0.15, 0.2) is 21.7 Å². The number of carbonyl (C=O) groups excluding carboxylic acids is 1. The largest absolute Gasteiger partial charge is 0.346 e. The molecular formula is C8H7BrN2O4. The van der Waals surface area contributed by atoms with Crippen molar-refractivity contribution in [2.24, 2.45) is 0 Å². The normalized spacial score (nSPS) is 9.93. The van der Waals surface area contributed by atoms with Crippen LogP contribution in [0.5, 0.6) is 0 Å². The summed E-state index contributed by atoms with van der Waals surface area (Å²) >= 11 is 2.93. The molecule has 80 valence electrons. The van der Waals surface area contributed by atoms with Gasteiger partial charge in [0, 0.05) is 19.2 Å². The summed E-state index contributed by atoms with van der Waals surface area (Å²) in [6.07, 6.45) is 3.49. The van der Waals surface area contributed by atoms with Crippen LogP contribution in [0.4, 0.5) is 5.69 Å². The number of halogens is 1. The Hall–Kier alpha value is -1.50. The predicted octanol–water partition coefficient (Wildman–Crippen LogP) is 1.11. The molecule has 6 nitrogen and oxygen atoms in total. The number of carbonyl (C=O) groups is 1. The molecule has 0 aliphatic heterocycles. The van der Waals surface area contributed by atoms with E-state index in [1.54, 1.807) is 0 Å². The van der Waals surface area contributed by atoms with Crippen LogP contribution in [0.3, 0.4) is 0 Å². The van der Waals surface area contributed by atoms with E-state index < -0.39 is 16.0 Å². The zero-order valence-corrected chi connectivity index (χ0v) is 9.14. The van der Waals surface area contributed by atoms with E-state index in [1.165, 1.54) is 10.8 Å². The monoisotopic (exact) mass is 274 g/mol. The summed E-state index contributed by atoms with van der Waals surface area (Å²) in [6, 6.07) is 0. The van der Waals surface area contributed by atoms with Gasteiger partial charge in [-0.25, -0.2) is 0 Å². The molecule has 0 saturated heterocycles. The minimum absolute atomic E-state index is 0.114. The summed E-state index contributed by atoms with van der Waals surface area (Å²) in [6.45, 7) is 0.309. The molecule has 0 aliphatic rings. The first-order chi connectivity index (χ1) is 7.06. The first-order valence-electron chi connectivity index (χ1n) is 4.04. The summed E-state index contributed by atoms with van der Waals surface area (Å²) in [7, 11) is 0. The highest BCUT2D eigenvalue weighted by Gasteiger charge is 2.15. The number of aryl methyl sites for hydroxylation is 1. The Balaban J connectivity index is 3.17. The van der Waals surface area contributed by atoms with E-state index in [9.17, 15) is 19.7 Å². The van der Waals surface area contributed by atoms with E-state index in [4.69, 9.17) is 0 Å². The van der Waals surface area contributed by atoms with E-state index in [2.05, 4.69) is 15.9 Å². The van der Waals surface area contributed by atoms with Gasteiger partial charge in [0.2, 0.25) is 0 Å². The number of hydrogen-bond donors (Lipinski definition) is 0. The molecule has 7 heteroatoms. The van der Waals surface area contributed by atoms with Crippen LogP contribution >= 0.6 is 15.9 Å². The highest BCUT2D eigenvalue weighted by atomic mass is 79.9. The van der Waals surface area contributed by atoms with Gasteiger partial charge in [0.05, 0.1) is 15.6 Å². The second-order valence-electron chi connectivity index (χ2n) is 2.77. The molecule has 15 heavy (non-hydrogen) atoms. The van der Waals surface area contributed by atoms with E-state index in [0.717, 1.165) is 6.20 Å². The van der Waals surface area contributed by atoms with Crippen molar-refractivity contribution < 1.29 is 9.72 Å². The molecule has 0 amide bonds. The van der Waals surface area contributed by atoms with Gasteiger partial charge in [0.25, 0.3) is 5.43 Å². The van der Waals surface area contributed by atoms with Crippen LogP contribution in [0.25, 0.3) is 0 Å². The molecule has 1 aromatic rings. The first-order valence-corrected chi connectivity index (χ1v) is 4.83. The lowest BCUT2D eigenvalue weighted by molar-refractivity contribution is -0.386. The van der Waals surface area contributed by atoms with Crippen molar-refractivity contribution in [2.45, 2.75) is 13.0 Å². The summed E-state index contributed by atoms with van der Waals surface area (Å²) < 4.78 is 1.54. The third kappa shape index (κ3) is 2.72. The second kappa shape index (κ2) is 4.83. The highest BCUT2D eigenvalue weighted by Crippen LogP contribution is 2.10. The maximum Gasteiger partial charge on any atom is 0.333 e. The quantitative estimate of drug-likeness (QED) is 0.468. The fourth-order valence-electron chi connectivity index (χ4n) is 1.04. The Kier molecular flexibility index (Phi) is 3.73. The lowest BCUT2D eigenvalue weighted by Gasteiger charge is -2.03. The van der Waals surface area contributed by atoms with Gasteiger partial charge in [-0.15, -0.1) is 0 Å². The van der Waals surface area contributed by atoms with Crippen LogP contribution in [-0.4, -0.2) is 15.8 Å². The Labute approximate surface area is 92.8 Å². The molecule has 1 rings (SSSR count). The van der Waals surface area contributed by atoms with Gasteiger partial charge in [0.15, 0.2) is 0 Å². The fourth-order valence-corrected chi connectivity index (χ4v) is 1.51. The Morgan fingerprint density at radius 3 is 2.73 bits per heavy atom.